The Morgan fingerprint density at radius 3 is 2.53 bits per heavy atom. The smallest absolute Gasteiger partial charge is 0.271 e. The van der Waals surface area contributed by atoms with Gasteiger partial charge in [0.25, 0.3) is 5.91 Å². The van der Waals surface area contributed by atoms with Gasteiger partial charge >= 0.3 is 0 Å². The van der Waals surface area contributed by atoms with Gasteiger partial charge in [-0.15, -0.1) is 0 Å². The van der Waals surface area contributed by atoms with Crippen LogP contribution in [0.25, 0.3) is 0 Å². The van der Waals surface area contributed by atoms with Crippen LogP contribution in [-0.4, -0.2) is 16.4 Å². The molecule has 0 saturated heterocycles. The van der Waals surface area contributed by atoms with Crippen LogP contribution in [0, 0.1) is 11.8 Å². The Labute approximate surface area is 118 Å². The molecule has 0 atom stereocenters. The van der Waals surface area contributed by atoms with Crippen molar-refractivity contribution in [3.8, 4) is 0 Å². The molecular weight excluding hydrogens is 260 g/mol. The van der Waals surface area contributed by atoms with Crippen LogP contribution in [0.2, 0.25) is 5.02 Å². The number of pyridine rings is 1. The molecule has 2 aliphatic rings. The molecule has 3 rings (SSSR count). The average molecular weight is 279 g/mol. The lowest BCUT2D eigenvalue weighted by Crippen LogP contribution is -2.52. The summed E-state index contributed by atoms with van der Waals surface area (Å²) in [4.78, 5) is 16.6. The summed E-state index contributed by atoms with van der Waals surface area (Å²) in [7, 11) is 0. The van der Waals surface area contributed by atoms with Gasteiger partial charge in [-0.3, -0.25) is 4.79 Å². The highest BCUT2D eigenvalue weighted by Crippen LogP contribution is 2.53. The number of halogens is 1. The zero-order chi connectivity index (χ0) is 13.5. The quantitative estimate of drug-likeness (QED) is 0.896. The van der Waals surface area contributed by atoms with Gasteiger partial charge in [-0.25, -0.2) is 4.98 Å². The van der Waals surface area contributed by atoms with Crippen molar-refractivity contribution in [3.05, 3.63) is 29.0 Å². The van der Waals surface area contributed by atoms with E-state index in [2.05, 4.69) is 17.2 Å². The van der Waals surface area contributed by atoms with Crippen molar-refractivity contribution >= 4 is 17.5 Å². The van der Waals surface area contributed by atoms with E-state index in [4.69, 9.17) is 11.6 Å². The molecule has 2 aliphatic carbocycles. The first-order chi connectivity index (χ1) is 9.17. The summed E-state index contributed by atoms with van der Waals surface area (Å²) in [6.45, 7) is 2.18. The lowest BCUT2D eigenvalue weighted by atomic mass is 9.84. The maximum absolute atomic E-state index is 12.4. The summed E-state index contributed by atoms with van der Waals surface area (Å²) >= 11 is 6.06. The molecule has 2 fully saturated rings. The molecule has 102 valence electrons. The van der Waals surface area contributed by atoms with Crippen molar-refractivity contribution < 1.29 is 4.79 Å². The topological polar surface area (TPSA) is 42.0 Å². The Morgan fingerprint density at radius 1 is 1.42 bits per heavy atom. The molecule has 1 aromatic rings. The highest BCUT2D eigenvalue weighted by Gasteiger charge is 2.53. The molecule has 1 aromatic heterocycles. The fourth-order valence-corrected chi connectivity index (χ4v) is 3.43. The van der Waals surface area contributed by atoms with Crippen molar-refractivity contribution in [3.63, 3.8) is 0 Å². The fourth-order valence-electron chi connectivity index (χ4n) is 3.22. The minimum Gasteiger partial charge on any atom is -0.345 e. The van der Waals surface area contributed by atoms with Gasteiger partial charge in [0, 0.05) is 11.7 Å². The van der Waals surface area contributed by atoms with Gasteiger partial charge in [0.1, 0.15) is 5.69 Å². The summed E-state index contributed by atoms with van der Waals surface area (Å²) in [6, 6.07) is 3.46. The zero-order valence-electron chi connectivity index (χ0n) is 11.2. The largest absolute Gasteiger partial charge is 0.345 e. The molecular formula is C15H19ClN2O. The molecule has 1 amide bonds. The van der Waals surface area contributed by atoms with Gasteiger partial charge in [0.2, 0.25) is 0 Å². The van der Waals surface area contributed by atoms with E-state index < -0.39 is 0 Å². The predicted octanol–water partition coefficient (Wildman–Crippen LogP) is 3.43. The van der Waals surface area contributed by atoms with E-state index in [1.165, 1.54) is 25.7 Å². The number of hydrogen-bond acceptors (Lipinski definition) is 2. The SMILES string of the molecule is CCC(NC(=O)c1ncccc1Cl)(C1CC1)C1CC1. The molecule has 3 nitrogen and oxygen atoms in total. The number of carbonyl (C=O) groups excluding carboxylic acids is 1. The third-order valence-electron chi connectivity index (χ3n) is 4.52. The maximum Gasteiger partial charge on any atom is 0.271 e. The van der Waals surface area contributed by atoms with Gasteiger partial charge in [-0.2, -0.15) is 0 Å². The van der Waals surface area contributed by atoms with Gasteiger partial charge in [-0.05, 0) is 56.1 Å². The first-order valence-corrected chi connectivity index (χ1v) is 7.48. The van der Waals surface area contributed by atoms with E-state index in [9.17, 15) is 4.79 Å². The monoisotopic (exact) mass is 278 g/mol. The van der Waals surface area contributed by atoms with E-state index in [1.54, 1.807) is 18.3 Å². The Balaban J connectivity index is 1.82. The van der Waals surface area contributed by atoms with Crippen molar-refractivity contribution in [2.24, 2.45) is 11.8 Å². The molecule has 1 heterocycles. The van der Waals surface area contributed by atoms with E-state index in [0.29, 0.717) is 22.6 Å². The molecule has 1 N–H and O–H groups in total. The second-order valence-electron chi connectivity index (χ2n) is 5.73. The second-order valence-corrected chi connectivity index (χ2v) is 6.14. The van der Waals surface area contributed by atoms with Crippen molar-refractivity contribution in [1.82, 2.24) is 10.3 Å². The van der Waals surface area contributed by atoms with Gasteiger partial charge in [0.05, 0.1) is 5.02 Å². The lowest BCUT2D eigenvalue weighted by molar-refractivity contribution is 0.0854. The summed E-state index contributed by atoms with van der Waals surface area (Å²) in [5.74, 6) is 1.18. The molecule has 19 heavy (non-hydrogen) atoms. The Kier molecular flexibility index (Phi) is 3.25. The fraction of sp³-hybridized carbons (Fsp3) is 0.600. The zero-order valence-corrected chi connectivity index (χ0v) is 11.9. The third-order valence-corrected chi connectivity index (χ3v) is 4.82. The van der Waals surface area contributed by atoms with Gasteiger partial charge in [0.15, 0.2) is 0 Å². The molecule has 0 unspecified atom stereocenters. The van der Waals surface area contributed by atoms with Crippen LogP contribution < -0.4 is 5.32 Å². The third kappa shape index (κ3) is 2.36. The number of carbonyl (C=O) groups is 1. The average Bonchev–Trinajstić information content (AvgIpc) is 3.29. The summed E-state index contributed by atoms with van der Waals surface area (Å²) < 4.78 is 0. The van der Waals surface area contributed by atoms with E-state index >= 15 is 0 Å². The number of rotatable bonds is 5. The summed E-state index contributed by atoms with van der Waals surface area (Å²) in [5.41, 5.74) is 0.334. The Morgan fingerprint density at radius 2 is 2.05 bits per heavy atom. The van der Waals surface area contributed by atoms with Gasteiger partial charge < -0.3 is 5.32 Å². The molecule has 4 heteroatoms. The van der Waals surface area contributed by atoms with E-state index in [-0.39, 0.29) is 11.4 Å². The van der Waals surface area contributed by atoms with Crippen molar-refractivity contribution in [2.45, 2.75) is 44.6 Å². The van der Waals surface area contributed by atoms with Crippen LogP contribution >= 0.6 is 11.6 Å². The van der Waals surface area contributed by atoms with Crippen LogP contribution in [0.1, 0.15) is 49.5 Å². The minimum atomic E-state index is -0.119. The van der Waals surface area contributed by atoms with Crippen LogP contribution in [0.3, 0.4) is 0 Å². The Hall–Kier alpha value is -1.09. The van der Waals surface area contributed by atoms with Crippen LogP contribution in [0.15, 0.2) is 18.3 Å². The first kappa shape index (κ1) is 12.9. The van der Waals surface area contributed by atoms with Crippen molar-refractivity contribution in [2.75, 3.05) is 0 Å². The Bertz CT molecular complexity index is 483. The van der Waals surface area contributed by atoms with Crippen LogP contribution in [-0.2, 0) is 0 Å². The van der Waals surface area contributed by atoms with Crippen LogP contribution in [0.4, 0.5) is 0 Å². The second kappa shape index (κ2) is 4.78. The molecule has 0 aliphatic heterocycles. The normalized spacial score (nSPS) is 19.3. The maximum atomic E-state index is 12.4. The number of hydrogen-bond donors (Lipinski definition) is 1. The highest BCUT2D eigenvalue weighted by atomic mass is 35.5. The van der Waals surface area contributed by atoms with E-state index in [1.807, 2.05) is 0 Å². The van der Waals surface area contributed by atoms with Crippen molar-refractivity contribution in [1.29, 1.82) is 0 Å². The molecule has 0 aromatic carbocycles. The number of amides is 1. The number of nitrogens with one attached hydrogen (secondary N) is 1. The van der Waals surface area contributed by atoms with Gasteiger partial charge in [-0.1, -0.05) is 18.5 Å². The minimum absolute atomic E-state index is 0.0159. The highest BCUT2D eigenvalue weighted by molar-refractivity contribution is 6.33. The predicted molar refractivity (Wildman–Crippen MR) is 75.2 cm³/mol. The number of aromatic nitrogens is 1. The summed E-state index contributed by atoms with van der Waals surface area (Å²) in [6.07, 6.45) is 7.56. The molecule has 0 spiro atoms. The lowest BCUT2D eigenvalue weighted by Gasteiger charge is -2.34. The number of nitrogens with zero attached hydrogens (tertiary/aromatic N) is 1. The summed E-state index contributed by atoms with van der Waals surface area (Å²) in [5, 5.41) is 3.70. The molecule has 0 bridgehead atoms. The van der Waals surface area contributed by atoms with Crippen LogP contribution in [0.5, 0.6) is 0 Å². The molecule has 2 saturated carbocycles. The molecule has 0 radical (unpaired) electrons. The standard InChI is InChI=1S/C15H19ClN2O/c1-2-15(10-5-6-10,11-7-8-11)18-14(19)13-12(16)4-3-9-17-13/h3-4,9-11H,2,5-8H2,1H3,(H,18,19). The van der Waals surface area contributed by atoms with E-state index in [0.717, 1.165) is 6.42 Å². The first-order valence-electron chi connectivity index (χ1n) is 7.10.